The van der Waals surface area contributed by atoms with Crippen molar-refractivity contribution in [3.63, 3.8) is 0 Å². The molecule has 1 aromatic heterocycles. The summed E-state index contributed by atoms with van der Waals surface area (Å²) >= 11 is 1.56. The highest BCUT2D eigenvalue weighted by atomic mass is 32.1. The maximum absolute atomic E-state index is 12.9. The molecule has 0 aliphatic rings. The van der Waals surface area contributed by atoms with Crippen LogP contribution in [0.4, 0.5) is 9.18 Å². The predicted octanol–water partition coefficient (Wildman–Crippen LogP) is 3.55. The second kappa shape index (κ2) is 7.17. The highest BCUT2D eigenvalue weighted by molar-refractivity contribution is 7.15. The van der Waals surface area contributed by atoms with Crippen LogP contribution in [-0.4, -0.2) is 24.2 Å². The summed E-state index contributed by atoms with van der Waals surface area (Å²) < 4.78 is 17.7. The van der Waals surface area contributed by atoms with Gasteiger partial charge in [0.1, 0.15) is 10.8 Å². The van der Waals surface area contributed by atoms with Crippen LogP contribution in [0.25, 0.3) is 10.6 Å². The number of aromatic nitrogens is 1. The molecule has 0 unspecified atom stereocenters. The van der Waals surface area contributed by atoms with Crippen molar-refractivity contribution in [1.29, 1.82) is 0 Å². The van der Waals surface area contributed by atoms with E-state index in [1.165, 1.54) is 12.1 Å². The van der Waals surface area contributed by atoms with Gasteiger partial charge in [0, 0.05) is 23.4 Å². The predicted molar refractivity (Wildman–Crippen MR) is 81.0 cm³/mol. The van der Waals surface area contributed by atoms with Crippen molar-refractivity contribution in [2.45, 2.75) is 20.3 Å². The molecular formula is C15H17FN2O2S. The van der Waals surface area contributed by atoms with Gasteiger partial charge in [-0.05, 0) is 38.1 Å². The fraction of sp³-hybridized carbons (Fsp3) is 0.333. The third-order valence-electron chi connectivity index (χ3n) is 2.88. The van der Waals surface area contributed by atoms with Crippen LogP contribution < -0.4 is 5.32 Å². The van der Waals surface area contributed by atoms with Crippen LogP contribution in [0.5, 0.6) is 0 Å². The molecule has 21 heavy (non-hydrogen) atoms. The number of hydrogen-bond donors (Lipinski definition) is 1. The molecule has 1 heterocycles. The number of benzene rings is 1. The van der Waals surface area contributed by atoms with Crippen molar-refractivity contribution < 1.29 is 13.9 Å². The molecule has 0 fully saturated rings. The van der Waals surface area contributed by atoms with Crippen molar-refractivity contribution in [2.75, 3.05) is 13.2 Å². The number of carbonyl (C=O) groups excluding carboxylic acids is 1. The summed E-state index contributed by atoms with van der Waals surface area (Å²) in [6.07, 6.45) is 0.294. The average molecular weight is 308 g/mol. The molecule has 0 bridgehead atoms. The smallest absolute Gasteiger partial charge is 0.407 e. The van der Waals surface area contributed by atoms with E-state index in [0.717, 1.165) is 21.1 Å². The van der Waals surface area contributed by atoms with E-state index < -0.39 is 6.09 Å². The summed E-state index contributed by atoms with van der Waals surface area (Å²) in [6, 6.07) is 6.28. The molecule has 0 aliphatic carbocycles. The SMILES string of the molecule is CCOC(=O)NCCc1sc(-c2ccc(F)cc2)nc1C. The molecule has 0 atom stereocenters. The van der Waals surface area contributed by atoms with Crippen molar-refractivity contribution in [3.05, 3.63) is 40.7 Å². The molecule has 0 saturated heterocycles. The topological polar surface area (TPSA) is 51.2 Å². The Morgan fingerprint density at radius 2 is 2.10 bits per heavy atom. The molecule has 0 saturated carbocycles. The van der Waals surface area contributed by atoms with Gasteiger partial charge in [-0.3, -0.25) is 0 Å². The van der Waals surface area contributed by atoms with Gasteiger partial charge >= 0.3 is 6.09 Å². The Balaban J connectivity index is 1.99. The maximum atomic E-state index is 12.9. The van der Waals surface area contributed by atoms with E-state index in [4.69, 9.17) is 4.74 Å². The lowest BCUT2D eigenvalue weighted by Gasteiger charge is -2.03. The normalized spacial score (nSPS) is 10.4. The van der Waals surface area contributed by atoms with Gasteiger partial charge in [-0.1, -0.05) is 0 Å². The molecule has 6 heteroatoms. The largest absolute Gasteiger partial charge is 0.450 e. The fourth-order valence-electron chi connectivity index (χ4n) is 1.84. The zero-order chi connectivity index (χ0) is 15.2. The first kappa shape index (κ1) is 15.4. The van der Waals surface area contributed by atoms with E-state index in [1.54, 1.807) is 30.4 Å². The Labute approximate surface area is 127 Å². The molecular weight excluding hydrogens is 291 g/mol. The Kier molecular flexibility index (Phi) is 5.27. The number of halogens is 1. The Morgan fingerprint density at radius 3 is 2.76 bits per heavy atom. The Morgan fingerprint density at radius 1 is 1.38 bits per heavy atom. The summed E-state index contributed by atoms with van der Waals surface area (Å²) in [5.41, 5.74) is 1.83. The Bertz CT molecular complexity index is 611. The molecule has 0 radical (unpaired) electrons. The average Bonchev–Trinajstić information content (AvgIpc) is 2.81. The van der Waals surface area contributed by atoms with Crippen LogP contribution in [0.3, 0.4) is 0 Å². The third kappa shape index (κ3) is 4.26. The number of carbonyl (C=O) groups is 1. The summed E-state index contributed by atoms with van der Waals surface area (Å²) in [5, 5.41) is 3.54. The first-order valence-electron chi connectivity index (χ1n) is 6.73. The molecule has 1 amide bonds. The molecule has 2 rings (SSSR count). The van der Waals surface area contributed by atoms with E-state index in [1.807, 2.05) is 6.92 Å². The van der Waals surface area contributed by atoms with E-state index in [0.29, 0.717) is 19.6 Å². The monoisotopic (exact) mass is 308 g/mol. The molecule has 1 N–H and O–H groups in total. The second-order valence-corrected chi connectivity index (χ2v) is 5.52. The van der Waals surface area contributed by atoms with Gasteiger partial charge < -0.3 is 10.1 Å². The molecule has 0 aliphatic heterocycles. The fourth-order valence-corrected chi connectivity index (χ4v) is 2.90. The lowest BCUT2D eigenvalue weighted by molar-refractivity contribution is 0.152. The van der Waals surface area contributed by atoms with E-state index >= 15 is 0 Å². The quantitative estimate of drug-likeness (QED) is 0.919. The summed E-state index contributed by atoms with van der Waals surface area (Å²) in [4.78, 5) is 16.8. The lowest BCUT2D eigenvalue weighted by Crippen LogP contribution is -2.26. The molecule has 0 spiro atoms. The molecule has 2 aromatic rings. The van der Waals surface area contributed by atoms with Gasteiger partial charge in [-0.25, -0.2) is 14.2 Å². The van der Waals surface area contributed by atoms with Crippen LogP contribution in [0.1, 0.15) is 17.5 Å². The van der Waals surface area contributed by atoms with E-state index in [2.05, 4.69) is 10.3 Å². The number of amides is 1. The van der Waals surface area contributed by atoms with Gasteiger partial charge in [0.2, 0.25) is 0 Å². The highest BCUT2D eigenvalue weighted by Crippen LogP contribution is 2.28. The molecule has 112 valence electrons. The van der Waals surface area contributed by atoms with Gasteiger partial charge in [0.15, 0.2) is 0 Å². The number of aryl methyl sites for hydroxylation is 1. The van der Waals surface area contributed by atoms with Crippen LogP contribution in [0, 0.1) is 12.7 Å². The summed E-state index contributed by atoms with van der Waals surface area (Å²) in [6.45, 7) is 4.57. The van der Waals surface area contributed by atoms with Crippen molar-refractivity contribution in [3.8, 4) is 10.6 Å². The van der Waals surface area contributed by atoms with Crippen LogP contribution in [0.2, 0.25) is 0 Å². The zero-order valence-electron chi connectivity index (χ0n) is 12.0. The third-order valence-corrected chi connectivity index (χ3v) is 4.15. The number of nitrogens with zero attached hydrogens (tertiary/aromatic N) is 1. The number of ether oxygens (including phenoxy) is 1. The minimum atomic E-state index is -0.404. The summed E-state index contributed by atoms with van der Waals surface area (Å²) in [5.74, 6) is -0.258. The zero-order valence-corrected chi connectivity index (χ0v) is 12.8. The Hall–Kier alpha value is -1.95. The van der Waals surface area contributed by atoms with E-state index in [-0.39, 0.29) is 5.82 Å². The first-order chi connectivity index (χ1) is 10.1. The van der Waals surface area contributed by atoms with Crippen molar-refractivity contribution >= 4 is 17.4 Å². The number of nitrogens with one attached hydrogen (secondary N) is 1. The van der Waals surface area contributed by atoms with Gasteiger partial charge in [0.05, 0.1) is 12.3 Å². The van der Waals surface area contributed by atoms with Crippen LogP contribution in [-0.2, 0) is 11.2 Å². The highest BCUT2D eigenvalue weighted by Gasteiger charge is 2.10. The standard InChI is InChI=1S/C15H17FN2O2S/c1-3-20-15(19)17-9-8-13-10(2)18-14(21-13)11-4-6-12(16)7-5-11/h4-7H,3,8-9H2,1-2H3,(H,17,19). The van der Waals surface area contributed by atoms with Crippen LogP contribution >= 0.6 is 11.3 Å². The number of hydrogen-bond acceptors (Lipinski definition) is 4. The lowest BCUT2D eigenvalue weighted by atomic mass is 10.2. The number of rotatable bonds is 5. The van der Waals surface area contributed by atoms with Crippen LogP contribution in [0.15, 0.2) is 24.3 Å². The van der Waals surface area contributed by atoms with Gasteiger partial charge in [0.25, 0.3) is 0 Å². The minimum absolute atomic E-state index is 0.258. The second-order valence-electron chi connectivity index (χ2n) is 4.43. The van der Waals surface area contributed by atoms with Crippen molar-refractivity contribution in [1.82, 2.24) is 10.3 Å². The van der Waals surface area contributed by atoms with E-state index in [9.17, 15) is 9.18 Å². The maximum Gasteiger partial charge on any atom is 0.407 e. The molecule has 4 nitrogen and oxygen atoms in total. The van der Waals surface area contributed by atoms with Gasteiger partial charge in [-0.15, -0.1) is 11.3 Å². The van der Waals surface area contributed by atoms with Crippen molar-refractivity contribution in [2.24, 2.45) is 0 Å². The number of thiazole rings is 1. The molecule has 1 aromatic carbocycles. The summed E-state index contributed by atoms with van der Waals surface area (Å²) in [7, 11) is 0. The van der Waals surface area contributed by atoms with Gasteiger partial charge in [-0.2, -0.15) is 0 Å². The minimum Gasteiger partial charge on any atom is -0.450 e. The first-order valence-corrected chi connectivity index (χ1v) is 7.54. The number of alkyl carbamates (subject to hydrolysis) is 1.